The molecule has 0 bridgehead atoms. The SMILES string of the molecule is COc1ccc(NC(=O)CCN2CCCC(C(=O)N3CCCc4cc(OC)c(OC)cc4C3)C2)cc1. The number of fused-ring (bicyclic) bond motifs is 1. The average Bonchev–Trinajstić information content (AvgIpc) is 3.13. The third-order valence-corrected chi connectivity index (χ3v) is 7.14. The van der Waals surface area contributed by atoms with Crippen molar-refractivity contribution in [2.75, 3.05) is 52.8 Å². The first kappa shape index (κ1) is 25.8. The van der Waals surface area contributed by atoms with Crippen LogP contribution in [0.5, 0.6) is 17.2 Å². The van der Waals surface area contributed by atoms with Gasteiger partial charge in [-0.3, -0.25) is 9.59 Å². The molecular weight excluding hydrogens is 458 g/mol. The molecule has 1 atom stereocenters. The maximum absolute atomic E-state index is 13.5. The number of ether oxygens (including phenoxy) is 3. The third-order valence-electron chi connectivity index (χ3n) is 7.14. The summed E-state index contributed by atoms with van der Waals surface area (Å²) in [5, 5.41) is 2.94. The summed E-state index contributed by atoms with van der Waals surface area (Å²) in [5.74, 6) is 2.33. The van der Waals surface area contributed by atoms with Gasteiger partial charge >= 0.3 is 0 Å². The number of benzene rings is 2. The van der Waals surface area contributed by atoms with Crippen molar-refractivity contribution in [2.45, 2.75) is 38.6 Å². The predicted molar refractivity (Wildman–Crippen MR) is 139 cm³/mol. The summed E-state index contributed by atoms with van der Waals surface area (Å²) in [5.41, 5.74) is 3.10. The predicted octanol–water partition coefficient (Wildman–Crippen LogP) is 3.73. The Bertz CT molecular complexity index is 1060. The van der Waals surface area contributed by atoms with Crippen LogP contribution < -0.4 is 19.5 Å². The molecule has 0 spiro atoms. The fourth-order valence-corrected chi connectivity index (χ4v) is 5.15. The number of aryl methyl sites for hydroxylation is 1. The Morgan fingerprint density at radius 2 is 1.67 bits per heavy atom. The molecule has 8 heteroatoms. The Kier molecular flexibility index (Phi) is 8.70. The zero-order valence-corrected chi connectivity index (χ0v) is 21.5. The molecule has 0 aromatic heterocycles. The van der Waals surface area contributed by atoms with E-state index in [0.29, 0.717) is 31.8 Å². The highest BCUT2D eigenvalue weighted by atomic mass is 16.5. The van der Waals surface area contributed by atoms with Crippen LogP contribution in [0.15, 0.2) is 36.4 Å². The van der Waals surface area contributed by atoms with Crippen LogP contribution in [0.4, 0.5) is 5.69 Å². The largest absolute Gasteiger partial charge is 0.497 e. The van der Waals surface area contributed by atoms with Gasteiger partial charge < -0.3 is 29.3 Å². The number of amides is 2. The van der Waals surface area contributed by atoms with Crippen LogP contribution in [0.1, 0.15) is 36.8 Å². The van der Waals surface area contributed by atoms with Crippen molar-refractivity contribution < 1.29 is 23.8 Å². The van der Waals surface area contributed by atoms with Crippen LogP contribution in [-0.2, 0) is 22.6 Å². The standard InChI is InChI=1S/C28H37N3O5/c1-34-24-10-8-23(9-11-24)29-27(32)12-15-30-13-4-7-21(18-30)28(33)31-14-5-6-20-16-25(35-2)26(36-3)17-22(20)19-31/h8-11,16-17,21H,4-7,12-15,18-19H2,1-3H3,(H,29,32). The summed E-state index contributed by atoms with van der Waals surface area (Å²) in [4.78, 5) is 30.2. The number of hydrogen-bond acceptors (Lipinski definition) is 6. The molecule has 2 amide bonds. The first-order chi connectivity index (χ1) is 17.5. The topological polar surface area (TPSA) is 80.3 Å². The van der Waals surface area contributed by atoms with E-state index in [4.69, 9.17) is 14.2 Å². The van der Waals surface area contributed by atoms with Crippen LogP contribution in [0, 0.1) is 5.92 Å². The number of nitrogens with one attached hydrogen (secondary N) is 1. The van der Waals surface area contributed by atoms with E-state index >= 15 is 0 Å². The first-order valence-electron chi connectivity index (χ1n) is 12.7. The molecular formula is C28H37N3O5. The van der Waals surface area contributed by atoms with Gasteiger partial charge in [0.25, 0.3) is 0 Å². The van der Waals surface area contributed by atoms with Crippen molar-refractivity contribution in [1.29, 1.82) is 0 Å². The Morgan fingerprint density at radius 3 is 2.36 bits per heavy atom. The monoisotopic (exact) mass is 495 g/mol. The van der Waals surface area contributed by atoms with Crippen molar-refractivity contribution in [2.24, 2.45) is 5.92 Å². The van der Waals surface area contributed by atoms with Gasteiger partial charge in [-0.25, -0.2) is 0 Å². The van der Waals surface area contributed by atoms with E-state index in [2.05, 4.69) is 10.2 Å². The van der Waals surface area contributed by atoms with E-state index in [-0.39, 0.29) is 17.7 Å². The lowest BCUT2D eigenvalue weighted by molar-refractivity contribution is -0.138. The van der Waals surface area contributed by atoms with E-state index < -0.39 is 0 Å². The van der Waals surface area contributed by atoms with Gasteiger partial charge in [0, 0.05) is 38.3 Å². The minimum atomic E-state index is -0.0370. The zero-order valence-electron chi connectivity index (χ0n) is 21.5. The molecule has 2 aromatic carbocycles. The normalized spacial score (nSPS) is 18.1. The number of anilines is 1. The van der Waals surface area contributed by atoms with Crippen molar-refractivity contribution in [1.82, 2.24) is 9.80 Å². The molecule has 2 heterocycles. The zero-order chi connectivity index (χ0) is 25.5. The average molecular weight is 496 g/mol. The van der Waals surface area contributed by atoms with E-state index in [9.17, 15) is 9.59 Å². The lowest BCUT2D eigenvalue weighted by Crippen LogP contribution is -2.45. The highest BCUT2D eigenvalue weighted by Gasteiger charge is 2.31. The van der Waals surface area contributed by atoms with Gasteiger partial charge in [-0.15, -0.1) is 0 Å². The fraction of sp³-hybridized carbons (Fsp3) is 0.500. The third kappa shape index (κ3) is 6.29. The van der Waals surface area contributed by atoms with Crippen molar-refractivity contribution in [3.8, 4) is 17.2 Å². The lowest BCUT2D eigenvalue weighted by Gasteiger charge is -2.34. The molecule has 1 unspecified atom stereocenters. The molecule has 2 aliphatic rings. The maximum atomic E-state index is 13.5. The Balaban J connectivity index is 1.31. The molecule has 36 heavy (non-hydrogen) atoms. The van der Waals surface area contributed by atoms with E-state index in [1.54, 1.807) is 21.3 Å². The minimum Gasteiger partial charge on any atom is -0.497 e. The summed E-state index contributed by atoms with van der Waals surface area (Å²) >= 11 is 0. The Labute approximate surface area is 213 Å². The van der Waals surface area contributed by atoms with Crippen LogP contribution in [0.25, 0.3) is 0 Å². The van der Waals surface area contributed by atoms with Crippen LogP contribution in [0.2, 0.25) is 0 Å². The molecule has 0 aliphatic carbocycles. The summed E-state index contributed by atoms with van der Waals surface area (Å²) < 4.78 is 16.1. The molecule has 194 valence electrons. The van der Waals surface area contributed by atoms with Gasteiger partial charge in [-0.1, -0.05) is 0 Å². The van der Waals surface area contributed by atoms with Gasteiger partial charge in [0.15, 0.2) is 11.5 Å². The number of likely N-dealkylation sites (tertiary alicyclic amines) is 1. The molecule has 8 nitrogen and oxygen atoms in total. The first-order valence-corrected chi connectivity index (χ1v) is 12.7. The van der Waals surface area contributed by atoms with Crippen molar-refractivity contribution >= 4 is 17.5 Å². The quantitative estimate of drug-likeness (QED) is 0.601. The van der Waals surface area contributed by atoms with Gasteiger partial charge in [-0.05, 0) is 79.8 Å². The van der Waals surface area contributed by atoms with Crippen LogP contribution >= 0.6 is 0 Å². The van der Waals surface area contributed by atoms with Gasteiger partial charge in [0.2, 0.25) is 11.8 Å². The van der Waals surface area contributed by atoms with E-state index in [0.717, 1.165) is 61.5 Å². The van der Waals surface area contributed by atoms with E-state index in [1.165, 1.54) is 5.56 Å². The number of carbonyl (C=O) groups is 2. The number of piperidine rings is 1. The molecule has 1 N–H and O–H groups in total. The molecule has 1 fully saturated rings. The summed E-state index contributed by atoms with van der Waals surface area (Å²) in [7, 11) is 4.90. The number of rotatable bonds is 8. The second kappa shape index (κ2) is 12.1. The summed E-state index contributed by atoms with van der Waals surface area (Å²) in [6, 6.07) is 11.4. The highest BCUT2D eigenvalue weighted by molar-refractivity contribution is 5.90. The van der Waals surface area contributed by atoms with Gasteiger partial charge in [0.05, 0.1) is 27.2 Å². The molecule has 2 aromatic rings. The smallest absolute Gasteiger partial charge is 0.227 e. The summed E-state index contributed by atoms with van der Waals surface area (Å²) in [6.07, 6.45) is 4.09. The maximum Gasteiger partial charge on any atom is 0.227 e. The summed E-state index contributed by atoms with van der Waals surface area (Å²) in [6.45, 7) is 3.60. The number of methoxy groups -OCH3 is 3. The molecule has 1 saturated heterocycles. The number of hydrogen-bond donors (Lipinski definition) is 1. The number of nitrogens with zero attached hydrogens (tertiary/aromatic N) is 2. The second-order valence-corrected chi connectivity index (χ2v) is 9.51. The Hall–Kier alpha value is -3.26. The Morgan fingerprint density at radius 1 is 0.944 bits per heavy atom. The molecule has 4 rings (SSSR count). The van der Waals surface area contributed by atoms with Gasteiger partial charge in [0.1, 0.15) is 5.75 Å². The molecule has 0 saturated carbocycles. The van der Waals surface area contributed by atoms with Crippen LogP contribution in [0.3, 0.4) is 0 Å². The van der Waals surface area contributed by atoms with Gasteiger partial charge in [-0.2, -0.15) is 0 Å². The van der Waals surface area contributed by atoms with Crippen molar-refractivity contribution in [3.05, 3.63) is 47.5 Å². The second-order valence-electron chi connectivity index (χ2n) is 9.51. The molecule has 2 aliphatic heterocycles. The van der Waals surface area contributed by atoms with E-state index in [1.807, 2.05) is 41.3 Å². The highest BCUT2D eigenvalue weighted by Crippen LogP contribution is 2.33. The fourth-order valence-electron chi connectivity index (χ4n) is 5.15. The minimum absolute atomic E-state index is 0.0258. The molecule has 0 radical (unpaired) electrons. The number of carbonyl (C=O) groups excluding carboxylic acids is 2. The van der Waals surface area contributed by atoms with Crippen molar-refractivity contribution in [3.63, 3.8) is 0 Å². The van der Waals surface area contributed by atoms with Crippen LogP contribution in [-0.4, -0.2) is 69.1 Å². The lowest BCUT2D eigenvalue weighted by atomic mass is 9.96.